The molecule has 5 nitrogen and oxygen atoms in total. The first-order valence-electron chi connectivity index (χ1n) is 8.06. The monoisotopic (exact) mass is 343 g/mol. The van der Waals surface area contributed by atoms with E-state index in [2.05, 4.69) is 15.3 Å². The Morgan fingerprint density at radius 3 is 2.73 bits per heavy atom. The number of nitrogens with zero attached hydrogens (tertiary/aromatic N) is 4. The molecule has 0 aliphatic carbocycles. The fourth-order valence-electron chi connectivity index (χ4n) is 2.79. The third-order valence-electron chi connectivity index (χ3n) is 4.12. The Balaban J connectivity index is 1.54. The Labute approximate surface area is 149 Å². The third-order valence-corrected chi connectivity index (χ3v) is 4.12. The van der Waals surface area contributed by atoms with Crippen LogP contribution in [0.2, 0.25) is 0 Å². The minimum atomic E-state index is -0.530. The summed E-state index contributed by atoms with van der Waals surface area (Å²) in [6.45, 7) is 0.441. The number of halogens is 1. The number of hydrogen-bond acceptors (Lipinski definition) is 4. The average molecular weight is 343 g/mol. The fraction of sp³-hybridized carbons (Fsp3) is 0.0500. The summed E-state index contributed by atoms with van der Waals surface area (Å²) in [6.07, 6.45) is 3.50. The van der Waals surface area contributed by atoms with Crippen molar-refractivity contribution in [1.82, 2.24) is 14.5 Å². The zero-order valence-corrected chi connectivity index (χ0v) is 13.7. The predicted octanol–water partition coefficient (Wildman–Crippen LogP) is 4.04. The van der Waals surface area contributed by atoms with E-state index in [1.54, 1.807) is 24.7 Å². The van der Waals surface area contributed by atoms with Crippen molar-refractivity contribution in [3.63, 3.8) is 0 Å². The first-order chi connectivity index (χ1) is 12.8. The molecule has 0 radical (unpaired) electrons. The lowest BCUT2D eigenvalue weighted by Gasteiger charge is -2.09. The molecular formula is C20H14FN5. The summed E-state index contributed by atoms with van der Waals surface area (Å²) in [4.78, 5) is 8.85. The van der Waals surface area contributed by atoms with Crippen LogP contribution in [0.15, 0.2) is 67.1 Å². The molecule has 126 valence electrons. The molecular weight excluding hydrogens is 329 g/mol. The Kier molecular flexibility index (Phi) is 4.04. The second-order valence-corrected chi connectivity index (χ2v) is 5.76. The number of para-hydroxylation sites is 2. The van der Waals surface area contributed by atoms with Crippen LogP contribution in [0.3, 0.4) is 0 Å². The highest BCUT2D eigenvalue weighted by molar-refractivity contribution is 5.76. The summed E-state index contributed by atoms with van der Waals surface area (Å²) in [5.74, 6) is 0.240. The van der Waals surface area contributed by atoms with Crippen molar-refractivity contribution >= 4 is 16.7 Å². The van der Waals surface area contributed by atoms with Crippen LogP contribution >= 0.6 is 0 Å². The highest BCUT2D eigenvalue weighted by atomic mass is 19.1. The van der Waals surface area contributed by atoms with Crippen LogP contribution < -0.4 is 5.32 Å². The zero-order chi connectivity index (χ0) is 17.9. The van der Waals surface area contributed by atoms with E-state index in [-0.39, 0.29) is 5.56 Å². The maximum Gasteiger partial charge on any atom is 0.143 e. The Morgan fingerprint density at radius 1 is 1.04 bits per heavy atom. The number of aromatic nitrogens is 3. The highest BCUT2D eigenvalue weighted by Crippen LogP contribution is 2.19. The molecule has 0 fully saturated rings. The second kappa shape index (κ2) is 6.65. The first kappa shape index (κ1) is 15.8. The molecule has 0 aliphatic rings. The summed E-state index contributed by atoms with van der Waals surface area (Å²) in [6, 6.07) is 18.1. The molecule has 26 heavy (non-hydrogen) atoms. The molecule has 0 atom stereocenters. The van der Waals surface area contributed by atoms with Crippen molar-refractivity contribution in [2.24, 2.45) is 0 Å². The minimum absolute atomic E-state index is 0.0157. The van der Waals surface area contributed by atoms with Crippen molar-refractivity contribution in [3.8, 4) is 11.9 Å². The molecule has 0 amide bonds. The molecule has 6 heteroatoms. The van der Waals surface area contributed by atoms with Gasteiger partial charge < -0.3 is 5.32 Å². The lowest BCUT2D eigenvalue weighted by molar-refractivity contribution is 0.624. The van der Waals surface area contributed by atoms with Crippen molar-refractivity contribution in [1.29, 1.82) is 5.26 Å². The minimum Gasteiger partial charge on any atom is -0.380 e. The number of nitriles is 1. The van der Waals surface area contributed by atoms with Crippen LogP contribution in [-0.4, -0.2) is 14.5 Å². The van der Waals surface area contributed by atoms with Crippen LogP contribution in [0.1, 0.15) is 11.1 Å². The number of imidazole rings is 1. The molecule has 4 aromatic rings. The molecule has 2 aromatic heterocycles. The fourth-order valence-corrected chi connectivity index (χ4v) is 2.79. The van der Waals surface area contributed by atoms with Crippen molar-refractivity contribution in [3.05, 3.63) is 84.1 Å². The van der Waals surface area contributed by atoms with Gasteiger partial charge in [-0.1, -0.05) is 24.3 Å². The van der Waals surface area contributed by atoms with Gasteiger partial charge in [-0.05, 0) is 35.9 Å². The largest absolute Gasteiger partial charge is 0.380 e. The van der Waals surface area contributed by atoms with Gasteiger partial charge in [0.05, 0.1) is 16.7 Å². The van der Waals surface area contributed by atoms with Crippen LogP contribution in [0.25, 0.3) is 16.9 Å². The molecule has 2 aromatic carbocycles. The first-order valence-corrected chi connectivity index (χ1v) is 8.06. The number of fused-ring (bicyclic) bond motifs is 1. The third kappa shape index (κ3) is 2.87. The predicted molar refractivity (Wildman–Crippen MR) is 97.3 cm³/mol. The zero-order valence-electron chi connectivity index (χ0n) is 13.7. The van der Waals surface area contributed by atoms with Crippen LogP contribution in [-0.2, 0) is 6.54 Å². The van der Waals surface area contributed by atoms with E-state index < -0.39 is 5.82 Å². The number of hydrogen-bond donors (Lipinski definition) is 1. The molecule has 2 heterocycles. The van der Waals surface area contributed by atoms with Gasteiger partial charge in [-0.25, -0.2) is 14.4 Å². The molecule has 0 bridgehead atoms. The quantitative estimate of drug-likeness (QED) is 0.607. The lowest BCUT2D eigenvalue weighted by Crippen LogP contribution is -2.04. The van der Waals surface area contributed by atoms with E-state index in [4.69, 9.17) is 5.26 Å². The van der Waals surface area contributed by atoms with Crippen molar-refractivity contribution < 1.29 is 4.39 Å². The summed E-state index contributed by atoms with van der Waals surface area (Å²) >= 11 is 0. The van der Waals surface area contributed by atoms with Crippen LogP contribution in [0.5, 0.6) is 0 Å². The molecule has 0 aliphatic heterocycles. The summed E-state index contributed by atoms with van der Waals surface area (Å²) < 4.78 is 15.6. The Morgan fingerprint density at radius 2 is 1.92 bits per heavy atom. The van der Waals surface area contributed by atoms with Gasteiger partial charge in [0.15, 0.2) is 0 Å². The Bertz CT molecular complexity index is 1110. The van der Waals surface area contributed by atoms with E-state index >= 15 is 0 Å². The van der Waals surface area contributed by atoms with Crippen molar-refractivity contribution in [2.45, 2.75) is 6.54 Å². The topological polar surface area (TPSA) is 66.5 Å². The van der Waals surface area contributed by atoms with Gasteiger partial charge in [0.2, 0.25) is 0 Å². The molecule has 0 spiro atoms. The number of nitrogens with one attached hydrogen (secondary N) is 1. The average Bonchev–Trinajstić information content (AvgIpc) is 3.11. The number of benzene rings is 2. The molecule has 1 N–H and O–H groups in total. The van der Waals surface area contributed by atoms with Gasteiger partial charge in [0.25, 0.3) is 0 Å². The smallest absolute Gasteiger partial charge is 0.143 e. The van der Waals surface area contributed by atoms with Gasteiger partial charge >= 0.3 is 0 Å². The SMILES string of the molecule is N#Cc1c(F)cccc1NCc1ccc(-n2cnc3ccccc32)nc1. The maximum absolute atomic E-state index is 13.6. The van der Waals surface area contributed by atoms with Gasteiger partial charge in [-0.3, -0.25) is 4.57 Å². The van der Waals surface area contributed by atoms with Crippen LogP contribution in [0.4, 0.5) is 10.1 Å². The molecule has 0 saturated heterocycles. The van der Waals surface area contributed by atoms with Crippen LogP contribution in [0, 0.1) is 17.1 Å². The van der Waals surface area contributed by atoms with Gasteiger partial charge in [-0.2, -0.15) is 5.26 Å². The lowest BCUT2D eigenvalue weighted by atomic mass is 10.1. The van der Waals surface area contributed by atoms with Gasteiger partial charge in [0.1, 0.15) is 29.6 Å². The standard InChI is InChI=1S/C20H14FN5/c21-16-4-3-6-17(15(16)10-22)23-11-14-8-9-20(24-12-14)26-13-25-18-5-1-2-7-19(18)26/h1-9,12-13,23H,11H2. The van der Waals surface area contributed by atoms with Gasteiger partial charge in [0, 0.05) is 12.7 Å². The Hall–Kier alpha value is -3.72. The second-order valence-electron chi connectivity index (χ2n) is 5.76. The number of pyridine rings is 1. The highest BCUT2D eigenvalue weighted by Gasteiger charge is 2.08. The van der Waals surface area contributed by atoms with E-state index in [0.717, 1.165) is 22.4 Å². The van der Waals surface area contributed by atoms with E-state index in [1.807, 2.05) is 47.0 Å². The molecule has 0 unspecified atom stereocenters. The van der Waals surface area contributed by atoms with E-state index in [1.165, 1.54) is 6.07 Å². The van der Waals surface area contributed by atoms with E-state index in [0.29, 0.717) is 12.2 Å². The summed E-state index contributed by atoms with van der Waals surface area (Å²) in [7, 11) is 0. The summed E-state index contributed by atoms with van der Waals surface area (Å²) in [5, 5.41) is 12.2. The van der Waals surface area contributed by atoms with Crippen molar-refractivity contribution in [2.75, 3.05) is 5.32 Å². The van der Waals surface area contributed by atoms with Gasteiger partial charge in [-0.15, -0.1) is 0 Å². The molecule has 4 rings (SSSR count). The van der Waals surface area contributed by atoms with E-state index in [9.17, 15) is 4.39 Å². The number of rotatable bonds is 4. The number of anilines is 1. The normalized spacial score (nSPS) is 10.6. The maximum atomic E-state index is 13.6. The molecule has 0 saturated carbocycles. The summed E-state index contributed by atoms with van der Waals surface area (Å²) in [5.41, 5.74) is 3.31.